The summed E-state index contributed by atoms with van der Waals surface area (Å²) in [6.07, 6.45) is -0.130. The van der Waals surface area contributed by atoms with Crippen LogP contribution < -0.4 is 0 Å². The number of alkyl halides is 2. The topological polar surface area (TPSA) is 80.7 Å². The average molecular weight is 260 g/mol. The van der Waals surface area contributed by atoms with Gasteiger partial charge in [0.05, 0.1) is 6.42 Å². The molecule has 0 atom stereocenters. The summed E-state index contributed by atoms with van der Waals surface area (Å²) in [6.45, 7) is 3.39. The minimum Gasteiger partial charge on any atom is -0.458 e. The summed E-state index contributed by atoms with van der Waals surface area (Å²) in [6, 6.07) is 0. The van der Waals surface area contributed by atoms with Gasteiger partial charge in [-0.2, -0.15) is 17.2 Å². The third-order valence-electron chi connectivity index (χ3n) is 1.45. The second-order valence-corrected chi connectivity index (χ2v) is 6.06. The predicted octanol–water partition coefficient (Wildman–Crippen LogP) is 1.45. The molecule has 0 rings (SSSR count). The molecule has 0 saturated heterocycles. The number of hydrogen-bond donors (Lipinski definition) is 1. The Morgan fingerprint density at radius 1 is 1.31 bits per heavy atom. The van der Waals surface area contributed by atoms with Crippen LogP contribution in [0.3, 0.4) is 0 Å². The summed E-state index contributed by atoms with van der Waals surface area (Å²) >= 11 is 0. The average Bonchev–Trinajstić information content (AvgIpc) is 1.95. The van der Waals surface area contributed by atoms with Crippen molar-refractivity contribution in [2.24, 2.45) is 5.41 Å². The first-order valence-electron chi connectivity index (χ1n) is 4.36. The highest BCUT2D eigenvalue weighted by atomic mass is 32.2. The minimum atomic E-state index is -5.55. The van der Waals surface area contributed by atoms with E-state index in [2.05, 4.69) is 4.74 Å². The molecular weight excluding hydrogens is 246 g/mol. The highest BCUT2D eigenvalue weighted by molar-refractivity contribution is 7.86. The molecule has 0 heterocycles. The van der Waals surface area contributed by atoms with Crippen molar-refractivity contribution in [3.8, 4) is 0 Å². The molecule has 0 aromatic heterocycles. The monoisotopic (exact) mass is 260 g/mol. The Bertz CT molecular complexity index is 355. The number of ether oxygens (including phenoxy) is 1. The molecular formula is C8H14F2O5S. The van der Waals surface area contributed by atoms with E-state index in [0.717, 1.165) is 0 Å². The molecule has 0 spiro atoms. The first-order chi connectivity index (χ1) is 6.85. The first kappa shape index (κ1) is 15.2. The Hall–Kier alpha value is -0.760. The van der Waals surface area contributed by atoms with E-state index < -0.39 is 33.4 Å². The second kappa shape index (κ2) is 4.62. The van der Waals surface area contributed by atoms with E-state index in [9.17, 15) is 22.0 Å². The molecule has 0 aromatic rings. The molecule has 0 unspecified atom stereocenters. The van der Waals surface area contributed by atoms with Crippen molar-refractivity contribution in [1.82, 2.24) is 0 Å². The van der Waals surface area contributed by atoms with Crippen molar-refractivity contribution >= 4 is 16.1 Å². The van der Waals surface area contributed by atoms with Gasteiger partial charge in [0.25, 0.3) is 0 Å². The number of halogens is 2. The molecule has 16 heavy (non-hydrogen) atoms. The third kappa shape index (κ3) is 5.36. The van der Waals surface area contributed by atoms with Gasteiger partial charge in [0.15, 0.2) is 6.61 Å². The van der Waals surface area contributed by atoms with Crippen molar-refractivity contribution in [2.45, 2.75) is 32.4 Å². The number of esters is 1. The summed E-state index contributed by atoms with van der Waals surface area (Å²) in [5.41, 5.74) is -0.454. The van der Waals surface area contributed by atoms with Crippen LogP contribution in [0, 0.1) is 5.41 Å². The maximum absolute atomic E-state index is 12.6. The van der Waals surface area contributed by atoms with E-state index >= 15 is 0 Å². The highest BCUT2D eigenvalue weighted by Gasteiger charge is 2.45. The zero-order chi connectivity index (χ0) is 13.2. The van der Waals surface area contributed by atoms with Gasteiger partial charge in [0, 0.05) is 0 Å². The molecule has 0 radical (unpaired) electrons. The zero-order valence-electron chi connectivity index (χ0n) is 9.16. The van der Waals surface area contributed by atoms with Crippen LogP contribution in [0.1, 0.15) is 27.2 Å². The van der Waals surface area contributed by atoms with Gasteiger partial charge in [0.2, 0.25) is 0 Å². The Balaban J connectivity index is 4.33. The maximum Gasteiger partial charge on any atom is 0.402 e. The first-order valence-corrected chi connectivity index (χ1v) is 5.80. The fourth-order valence-electron chi connectivity index (χ4n) is 0.723. The van der Waals surface area contributed by atoms with E-state index in [0.29, 0.717) is 0 Å². The van der Waals surface area contributed by atoms with Crippen LogP contribution in [-0.4, -0.2) is 30.8 Å². The molecule has 0 fully saturated rings. The SMILES string of the molecule is CC(C)(C)CC(=O)OCC(F)(F)S(=O)(=O)O. The van der Waals surface area contributed by atoms with Gasteiger partial charge in [-0.3, -0.25) is 9.35 Å². The summed E-state index contributed by atoms with van der Waals surface area (Å²) in [7, 11) is -5.55. The minimum absolute atomic E-state index is 0.130. The quantitative estimate of drug-likeness (QED) is 0.611. The van der Waals surface area contributed by atoms with Gasteiger partial charge in [0.1, 0.15) is 0 Å². The molecule has 5 nitrogen and oxygen atoms in total. The Morgan fingerprint density at radius 3 is 2.06 bits per heavy atom. The van der Waals surface area contributed by atoms with E-state index in [4.69, 9.17) is 4.55 Å². The molecule has 8 heteroatoms. The molecule has 0 aromatic carbocycles. The lowest BCUT2D eigenvalue weighted by molar-refractivity contribution is -0.151. The fraction of sp³-hybridized carbons (Fsp3) is 0.875. The molecule has 0 amide bonds. The molecule has 0 aliphatic carbocycles. The van der Waals surface area contributed by atoms with Crippen LogP contribution in [0.15, 0.2) is 0 Å². The normalized spacial score (nSPS) is 13.6. The molecule has 0 saturated carbocycles. The van der Waals surface area contributed by atoms with Crippen molar-refractivity contribution in [2.75, 3.05) is 6.61 Å². The van der Waals surface area contributed by atoms with E-state index in [1.807, 2.05) is 0 Å². The van der Waals surface area contributed by atoms with Crippen LogP contribution in [0.2, 0.25) is 0 Å². The van der Waals surface area contributed by atoms with Crippen LogP contribution in [0.5, 0.6) is 0 Å². The van der Waals surface area contributed by atoms with Crippen molar-refractivity contribution in [1.29, 1.82) is 0 Å². The molecule has 0 aliphatic heterocycles. The van der Waals surface area contributed by atoms with Gasteiger partial charge in [-0.15, -0.1) is 0 Å². The molecule has 1 N–H and O–H groups in total. The zero-order valence-corrected chi connectivity index (χ0v) is 9.98. The van der Waals surface area contributed by atoms with Crippen LogP contribution in [0.4, 0.5) is 8.78 Å². The lowest BCUT2D eigenvalue weighted by Gasteiger charge is -2.18. The standard InChI is InChI=1S/C8H14F2O5S/c1-7(2,3)4-6(11)15-5-8(9,10)16(12,13)14/h4-5H2,1-3H3,(H,12,13,14). The Labute approximate surface area is 92.5 Å². The van der Waals surface area contributed by atoms with Crippen molar-refractivity contribution in [3.63, 3.8) is 0 Å². The third-order valence-corrected chi connectivity index (χ3v) is 2.33. The van der Waals surface area contributed by atoms with Gasteiger partial charge in [-0.05, 0) is 5.41 Å². The number of hydrogen-bond acceptors (Lipinski definition) is 4. The van der Waals surface area contributed by atoms with Crippen LogP contribution in [0.25, 0.3) is 0 Å². The Morgan fingerprint density at radius 2 is 1.75 bits per heavy atom. The van der Waals surface area contributed by atoms with Gasteiger partial charge >= 0.3 is 21.3 Å². The summed E-state index contributed by atoms with van der Waals surface area (Å²) in [4.78, 5) is 11.0. The summed E-state index contributed by atoms with van der Waals surface area (Å²) < 4.78 is 57.8. The fourth-order valence-corrected chi connectivity index (χ4v) is 0.931. The van der Waals surface area contributed by atoms with Gasteiger partial charge < -0.3 is 4.74 Å². The van der Waals surface area contributed by atoms with Crippen LogP contribution >= 0.6 is 0 Å². The maximum atomic E-state index is 12.6. The molecule has 0 aliphatic rings. The summed E-state index contributed by atoms with van der Waals surface area (Å²) in [5, 5.41) is -4.47. The lowest BCUT2D eigenvalue weighted by atomic mass is 9.93. The molecule has 96 valence electrons. The van der Waals surface area contributed by atoms with Gasteiger partial charge in [-0.1, -0.05) is 20.8 Å². The largest absolute Gasteiger partial charge is 0.458 e. The smallest absolute Gasteiger partial charge is 0.402 e. The predicted molar refractivity (Wildman–Crippen MR) is 51.5 cm³/mol. The number of rotatable bonds is 4. The van der Waals surface area contributed by atoms with Crippen molar-refractivity contribution < 1.29 is 31.3 Å². The van der Waals surface area contributed by atoms with E-state index in [1.54, 1.807) is 20.8 Å². The second-order valence-electron chi connectivity index (χ2n) is 4.51. The number of carbonyl (C=O) groups excluding carboxylic acids is 1. The highest BCUT2D eigenvalue weighted by Crippen LogP contribution is 2.23. The van der Waals surface area contributed by atoms with Crippen LogP contribution in [-0.2, 0) is 19.6 Å². The Kier molecular flexibility index (Phi) is 4.40. The van der Waals surface area contributed by atoms with E-state index in [-0.39, 0.29) is 6.42 Å². The van der Waals surface area contributed by atoms with Gasteiger partial charge in [-0.25, -0.2) is 0 Å². The lowest BCUT2D eigenvalue weighted by Crippen LogP contribution is -2.35. The van der Waals surface area contributed by atoms with Crippen molar-refractivity contribution in [3.05, 3.63) is 0 Å². The molecule has 0 bridgehead atoms. The summed E-state index contributed by atoms with van der Waals surface area (Å²) in [5.74, 6) is -0.948. The number of carbonyl (C=O) groups is 1. The van der Waals surface area contributed by atoms with E-state index in [1.165, 1.54) is 0 Å².